The molecule has 14 heteroatoms. The topological polar surface area (TPSA) is 176 Å². The summed E-state index contributed by atoms with van der Waals surface area (Å²) in [7, 11) is 3.11. The molecule has 0 spiro atoms. The maximum atomic E-state index is 12.9. The standard InChI is InChI=1S/C32H32N2O12/c1-19(21-5-7-25-15-27(41-3)11-9-23(25)13-21)31(35)43-17-29(45-33(37)38)30(46-34(39)40)18-44-32(36)20(2)22-6-8-26-16-28(42-4)12-10-24(26)14-22/h5-16,19-20,29-30H,17-18H2,1-4H3/t19-,20-,29-,30?/m0/s1. The van der Waals surface area contributed by atoms with Crippen molar-refractivity contribution in [3.05, 3.63) is 104 Å². The van der Waals surface area contributed by atoms with Gasteiger partial charge < -0.3 is 28.6 Å². The summed E-state index contributed by atoms with van der Waals surface area (Å²) in [4.78, 5) is 57.5. The third-order valence-corrected chi connectivity index (χ3v) is 7.49. The van der Waals surface area contributed by atoms with Gasteiger partial charge in [0.2, 0.25) is 0 Å². The van der Waals surface area contributed by atoms with Crippen LogP contribution in [0.3, 0.4) is 0 Å². The van der Waals surface area contributed by atoms with Crippen molar-refractivity contribution in [1.29, 1.82) is 0 Å². The number of nitrogens with zero attached hydrogens (tertiary/aromatic N) is 2. The van der Waals surface area contributed by atoms with E-state index in [-0.39, 0.29) is 0 Å². The van der Waals surface area contributed by atoms with Crippen LogP contribution < -0.4 is 9.47 Å². The molecule has 0 aliphatic heterocycles. The fraction of sp³-hybridized carbons (Fsp3) is 0.312. The highest BCUT2D eigenvalue weighted by molar-refractivity contribution is 5.88. The van der Waals surface area contributed by atoms with E-state index in [2.05, 4.69) is 9.68 Å². The van der Waals surface area contributed by atoms with E-state index in [9.17, 15) is 29.8 Å². The molecule has 0 N–H and O–H groups in total. The van der Waals surface area contributed by atoms with Gasteiger partial charge in [-0.05, 0) is 70.8 Å². The molecule has 46 heavy (non-hydrogen) atoms. The Morgan fingerprint density at radius 1 is 0.609 bits per heavy atom. The van der Waals surface area contributed by atoms with Crippen LogP contribution in [0.25, 0.3) is 21.5 Å². The summed E-state index contributed by atoms with van der Waals surface area (Å²) in [5, 5.41) is 23.5. The van der Waals surface area contributed by atoms with Gasteiger partial charge in [-0.2, -0.15) is 0 Å². The number of carbonyl (C=O) groups excluding carboxylic acids is 2. The second-order valence-electron chi connectivity index (χ2n) is 10.4. The molecule has 0 radical (unpaired) electrons. The van der Waals surface area contributed by atoms with E-state index in [4.69, 9.17) is 18.9 Å². The predicted molar refractivity (Wildman–Crippen MR) is 163 cm³/mol. The minimum absolute atomic E-state index is 0.600. The van der Waals surface area contributed by atoms with Crippen LogP contribution in [0.2, 0.25) is 0 Å². The van der Waals surface area contributed by atoms with Crippen LogP contribution in [-0.4, -0.2) is 61.8 Å². The lowest BCUT2D eigenvalue weighted by atomic mass is 9.97. The van der Waals surface area contributed by atoms with Gasteiger partial charge in [0.25, 0.3) is 10.2 Å². The molecule has 0 bridgehead atoms. The molecule has 4 aromatic rings. The lowest BCUT2D eigenvalue weighted by Crippen LogP contribution is -2.42. The summed E-state index contributed by atoms with van der Waals surface area (Å²) < 4.78 is 21.0. The van der Waals surface area contributed by atoms with Crippen molar-refractivity contribution in [3.63, 3.8) is 0 Å². The molecule has 0 saturated heterocycles. The number of benzene rings is 4. The third kappa shape index (κ3) is 8.28. The van der Waals surface area contributed by atoms with Crippen molar-refractivity contribution in [2.45, 2.75) is 37.9 Å². The molecule has 0 aromatic heterocycles. The number of carbonyl (C=O) groups is 2. The number of rotatable bonds is 15. The van der Waals surface area contributed by atoms with Crippen molar-refractivity contribution in [1.82, 2.24) is 0 Å². The quantitative estimate of drug-likeness (QED) is 0.0953. The number of hydrogen-bond donors (Lipinski definition) is 0. The number of esters is 2. The van der Waals surface area contributed by atoms with Crippen molar-refractivity contribution in [2.24, 2.45) is 0 Å². The molecule has 0 amide bonds. The zero-order chi connectivity index (χ0) is 33.4. The zero-order valence-electron chi connectivity index (χ0n) is 25.4. The Hall–Kier alpha value is -5.66. The summed E-state index contributed by atoms with van der Waals surface area (Å²) in [6, 6.07) is 21.5. The molecular formula is C32H32N2O12. The third-order valence-electron chi connectivity index (χ3n) is 7.49. The van der Waals surface area contributed by atoms with Gasteiger partial charge in [0, 0.05) is 0 Å². The first-order valence-electron chi connectivity index (χ1n) is 14.1. The first-order chi connectivity index (χ1) is 22.0. The highest BCUT2D eigenvalue weighted by Gasteiger charge is 2.33. The van der Waals surface area contributed by atoms with Gasteiger partial charge in [-0.15, -0.1) is 20.2 Å². The first kappa shape index (κ1) is 33.2. The summed E-state index contributed by atoms with van der Waals surface area (Å²) in [5.41, 5.74) is 1.20. The molecule has 4 atom stereocenters. The lowest BCUT2D eigenvalue weighted by molar-refractivity contribution is -0.799. The number of fused-ring (bicyclic) bond motifs is 2. The highest BCUT2D eigenvalue weighted by atomic mass is 17.0. The number of methoxy groups -OCH3 is 2. The van der Waals surface area contributed by atoms with E-state index >= 15 is 0 Å². The molecule has 242 valence electrons. The van der Waals surface area contributed by atoms with Gasteiger partial charge >= 0.3 is 11.9 Å². The van der Waals surface area contributed by atoms with Crippen molar-refractivity contribution < 1.29 is 48.4 Å². The molecule has 0 fully saturated rings. The maximum Gasteiger partial charge on any atom is 0.313 e. The van der Waals surface area contributed by atoms with E-state index < -0.39 is 59.4 Å². The largest absolute Gasteiger partial charge is 0.497 e. The Balaban J connectivity index is 1.43. The number of hydrogen-bond acceptors (Lipinski definition) is 12. The first-order valence-corrected chi connectivity index (χ1v) is 14.1. The average molecular weight is 637 g/mol. The van der Waals surface area contributed by atoms with Crippen LogP contribution in [0, 0.1) is 20.2 Å². The molecule has 4 aromatic carbocycles. The van der Waals surface area contributed by atoms with Crippen LogP contribution >= 0.6 is 0 Å². The van der Waals surface area contributed by atoms with Crippen LogP contribution in [0.1, 0.15) is 36.8 Å². The van der Waals surface area contributed by atoms with E-state index in [1.165, 1.54) is 0 Å². The Kier molecular flexibility index (Phi) is 10.8. The van der Waals surface area contributed by atoms with Crippen LogP contribution in [-0.2, 0) is 28.7 Å². The molecule has 4 rings (SSSR count). The molecule has 0 aliphatic carbocycles. The zero-order valence-corrected chi connectivity index (χ0v) is 25.4. The SMILES string of the molecule is COc1ccc2cc([C@H](C)C(=O)OCC(O[N+](=O)[O-])[C@H](COC(=O)[C@@H](C)c3ccc4cc(OC)ccc4c3)O[N+](=O)[O-])ccc2c1. The van der Waals surface area contributed by atoms with Crippen molar-refractivity contribution in [3.8, 4) is 11.5 Å². The summed E-state index contributed by atoms with van der Waals surface area (Å²) in [6.07, 6.45) is -3.58. The normalized spacial score (nSPS) is 13.6. The summed E-state index contributed by atoms with van der Waals surface area (Å²) in [5.74, 6) is -1.82. The fourth-order valence-electron chi connectivity index (χ4n) is 4.76. The van der Waals surface area contributed by atoms with E-state index in [0.717, 1.165) is 21.5 Å². The minimum atomic E-state index is -1.79. The van der Waals surface area contributed by atoms with Crippen molar-refractivity contribution >= 4 is 33.5 Å². The Morgan fingerprint density at radius 2 is 0.957 bits per heavy atom. The molecule has 1 unspecified atom stereocenters. The van der Waals surface area contributed by atoms with Crippen LogP contribution in [0.5, 0.6) is 11.5 Å². The Morgan fingerprint density at radius 3 is 1.30 bits per heavy atom. The van der Waals surface area contributed by atoms with Crippen LogP contribution in [0.4, 0.5) is 0 Å². The minimum Gasteiger partial charge on any atom is -0.497 e. The molecule has 0 saturated carbocycles. The smallest absolute Gasteiger partial charge is 0.313 e. The lowest BCUT2D eigenvalue weighted by Gasteiger charge is -2.24. The van der Waals surface area contributed by atoms with E-state index in [1.807, 2.05) is 24.3 Å². The Bertz CT molecular complexity index is 1620. The second-order valence-corrected chi connectivity index (χ2v) is 10.4. The van der Waals surface area contributed by atoms with Gasteiger partial charge in [-0.25, -0.2) is 0 Å². The van der Waals surface area contributed by atoms with Gasteiger partial charge in [-0.1, -0.05) is 48.5 Å². The fourth-order valence-corrected chi connectivity index (χ4v) is 4.76. The number of ether oxygens (including phenoxy) is 4. The molecule has 0 heterocycles. The highest BCUT2D eigenvalue weighted by Crippen LogP contribution is 2.27. The van der Waals surface area contributed by atoms with Crippen molar-refractivity contribution in [2.75, 3.05) is 27.4 Å². The van der Waals surface area contributed by atoms with Gasteiger partial charge in [0.15, 0.2) is 12.2 Å². The van der Waals surface area contributed by atoms with Gasteiger partial charge in [0.05, 0.1) is 26.1 Å². The molecule has 14 nitrogen and oxygen atoms in total. The van der Waals surface area contributed by atoms with Crippen LogP contribution in [0.15, 0.2) is 72.8 Å². The molecular weight excluding hydrogens is 604 g/mol. The monoisotopic (exact) mass is 636 g/mol. The summed E-state index contributed by atoms with van der Waals surface area (Å²) in [6.45, 7) is 1.56. The summed E-state index contributed by atoms with van der Waals surface area (Å²) >= 11 is 0. The second kappa shape index (κ2) is 14.9. The van der Waals surface area contributed by atoms with Gasteiger partial charge in [-0.3, -0.25) is 9.59 Å². The predicted octanol–water partition coefficient (Wildman–Crippen LogP) is 5.16. The maximum absolute atomic E-state index is 12.9. The average Bonchev–Trinajstić information content (AvgIpc) is 3.06. The van der Waals surface area contributed by atoms with E-state index in [0.29, 0.717) is 22.6 Å². The van der Waals surface area contributed by atoms with Gasteiger partial charge in [0.1, 0.15) is 24.7 Å². The van der Waals surface area contributed by atoms with E-state index in [1.54, 1.807) is 76.6 Å². The molecule has 0 aliphatic rings. The Labute approximate surface area is 262 Å².